The molecule has 0 aliphatic heterocycles. The molecule has 4 aromatic carbocycles. The third kappa shape index (κ3) is 6.29. The van der Waals surface area contributed by atoms with Crippen molar-refractivity contribution in [1.29, 1.82) is 0 Å². The monoisotopic (exact) mass is 516 g/mol. The maximum absolute atomic E-state index is 13.6. The van der Waals surface area contributed by atoms with Crippen molar-refractivity contribution in [2.75, 3.05) is 18.0 Å². The summed E-state index contributed by atoms with van der Waals surface area (Å²) in [5.74, 6) is 1.38. The number of carbonyl (C=O) groups is 1. The third-order valence-electron chi connectivity index (χ3n) is 5.70. The molecule has 4 aromatic rings. The SMILES string of the molecule is COc1ccccc1[C@H](C)NC(=O)CN(c1ccc(Oc2ccccc2)cc1)S(=O)(=O)c1ccccc1. The third-order valence-corrected chi connectivity index (χ3v) is 7.49. The first kappa shape index (κ1) is 25.8. The molecule has 0 bridgehead atoms. The molecule has 0 radical (unpaired) electrons. The van der Waals surface area contributed by atoms with Crippen molar-refractivity contribution >= 4 is 21.6 Å². The highest BCUT2D eigenvalue weighted by Gasteiger charge is 2.28. The lowest BCUT2D eigenvalue weighted by Crippen LogP contribution is -2.41. The van der Waals surface area contributed by atoms with Crippen LogP contribution < -0.4 is 19.1 Å². The Labute approximate surface area is 217 Å². The second-order valence-corrected chi connectivity index (χ2v) is 10.1. The van der Waals surface area contributed by atoms with Gasteiger partial charge in [0.25, 0.3) is 10.0 Å². The number of carbonyl (C=O) groups excluding carboxylic acids is 1. The quantitative estimate of drug-likeness (QED) is 0.298. The maximum atomic E-state index is 13.6. The molecule has 0 aromatic heterocycles. The number of hydrogen-bond acceptors (Lipinski definition) is 5. The number of nitrogens with one attached hydrogen (secondary N) is 1. The molecule has 0 spiro atoms. The van der Waals surface area contributed by atoms with Gasteiger partial charge in [-0.05, 0) is 61.5 Å². The lowest BCUT2D eigenvalue weighted by molar-refractivity contribution is -0.120. The lowest BCUT2D eigenvalue weighted by atomic mass is 10.1. The predicted molar refractivity (Wildman–Crippen MR) is 143 cm³/mol. The van der Waals surface area contributed by atoms with Gasteiger partial charge in [0, 0.05) is 5.56 Å². The topological polar surface area (TPSA) is 84.9 Å². The molecule has 190 valence electrons. The Morgan fingerprint density at radius 1 is 0.811 bits per heavy atom. The molecule has 7 nitrogen and oxygen atoms in total. The fourth-order valence-corrected chi connectivity index (χ4v) is 5.30. The van der Waals surface area contributed by atoms with Crippen LogP contribution in [0, 0.1) is 0 Å². The molecule has 0 aliphatic rings. The molecule has 1 atom stereocenters. The Hall–Kier alpha value is -4.30. The summed E-state index contributed by atoms with van der Waals surface area (Å²) < 4.78 is 39.5. The molecule has 0 saturated carbocycles. The highest BCUT2D eigenvalue weighted by atomic mass is 32.2. The molecule has 4 rings (SSSR count). The minimum Gasteiger partial charge on any atom is -0.496 e. The molecule has 1 amide bonds. The van der Waals surface area contributed by atoms with Gasteiger partial charge in [0.05, 0.1) is 23.7 Å². The predicted octanol–water partition coefficient (Wildman–Crippen LogP) is 5.56. The van der Waals surface area contributed by atoms with Crippen LogP contribution in [0.15, 0.2) is 114 Å². The number of amides is 1. The van der Waals surface area contributed by atoms with Gasteiger partial charge in [-0.2, -0.15) is 0 Å². The molecule has 37 heavy (non-hydrogen) atoms. The van der Waals surface area contributed by atoms with Gasteiger partial charge >= 0.3 is 0 Å². The molecule has 0 heterocycles. The van der Waals surface area contributed by atoms with Gasteiger partial charge < -0.3 is 14.8 Å². The van der Waals surface area contributed by atoms with Crippen LogP contribution in [-0.2, 0) is 14.8 Å². The molecule has 0 fully saturated rings. The second-order valence-electron chi connectivity index (χ2n) is 8.26. The summed E-state index contributed by atoms with van der Waals surface area (Å²) in [4.78, 5) is 13.2. The Morgan fingerprint density at radius 3 is 2.03 bits per heavy atom. The van der Waals surface area contributed by atoms with Crippen molar-refractivity contribution < 1.29 is 22.7 Å². The van der Waals surface area contributed by atoms with E-state index in [1.165, 1.54) is 12.1 Å². The fraction of sp³-hybridized carbons (Fsp3) is 0.138. The van der Waals surface area contributed by atoms with E-state index in [1.807, 2.05) is 61.5 Å². The zero-order valence-electron chi connectivity index (χ0n) is 20.6. The van der Waals surface area contributed by atoms with Gasteiger partial charge in [-0.25, -0.2) is 8.42 Å². The zero-order chi connectivity index (χ0) is 26.3. The van der Waals surface area contributed by atoms with Crippen LogP contribution in [0.2, 0.25) is 0 Å². The lowest BCUT2D eigenvalue weighted by Gasteiger charge is -2.25. The molecule has 0 unspecified atom stereocenters. The van der Waals surface area contributed by atoms with E-state index >= 15 is 0 Å². The summed E-state index contributed by atoms with van der Waals surface area (Å²) in [6.45, 7) is 1.41. The first-order chi connectivity index (χ1) is 17.9. The minimum atomic E-state index is -4.03. The number of sulfonamides is 1. The first-order valence-electron chi connectivity index (χ1n) is 11.7. The molecular formula is C29H28N2O5S. The average molecular weight is 517 g/mol. The van der Waals surface area contributed by atoms with Crippen molar-refractivity contribution in [2.24, 2.45) is 0 Å². The summed E-state index contributed by atoms with van der Waals surface area (Å²) in [6, 6.07) is 30.9. The van der Waals surface area contributed by atoms with E-state index in [4.69, 9.17) is 9.47 Å². The van der Waals surface area contributed by atoms with Gasteiger partial charge in [0.2, 0.25) is 5.91 Å². The summed E-state index contributed by atoms with van der Waals surface area (Å²) in [5.41, 5.74) is 1.13. The van der Waals surface area contributed by atoms with Gasteiger partial charge in [0.1, 0.15) is 23.8 Å². The molecule has 1 N–H and O–H groups in total. The first-order valence-corrected chi connectivity index (χ1v) is 13.2. The van der Waals surface area contributed by atoms with Crippen LogP contribution >= 0.6 is 0 Å². The van der Waals surface area contributed by atoms with Crippen LogP contribution in [0.4, 0.5) is 5.69 Å². The van der Waals surface area contributed by atoms with Crippen molar-refractivity contribution in [2.45, 2.75) is 17.9 Å². The van der Waals surface area contributed by atoms with Gasteiger partial charge in [0.15, 0.2) is 0 Å². The van der Waals surface area contributed by atoms with Crippen LogP contribution in [0.5, 0.6) is 17.2 Å². The van der Waals surface area contributed by atoms with Gasteiger partial charge in [-0.3, -0.25) is 9.10 Å². The number of rotatable bonds is 10. The second kappa shape index (κ2) is 11.6. The molecule has 0 saturated heterocycles. The normalized spacial score (nSPS) is 11.8. The fourth-order valence-electron chi connectivity index (χ4n) is 3.86. The van der Waals surface area contributed by atoms with E-state index in [1.54, 1.807) is 49.6 Å². The van der Waals surface area contributed by atoms with Crippen molar-refractivity contribution in [3.05, 3.63) is 115 Å². The van der Waals surface area contributed by atoms with E-state index in [-0.39, 0.29) is 4.90 Å². The molecule has 0 aliphatic carbocycles. The maximum Gasteiger partial charge on any atom is 0.264 e. The summed E-state index contributed by atoms with van der Waals surface area (Å²) >= 11 is 0. The van der Waals surface area contributed by atoms with E-state index in [0.717, 1.165) is 9.87 Å². The van der Waals surface area contributed by atoms with Crippen molar-refractivity contribution in [3.8, 4) is 17.2 Å². The molecule has 8 heteroatoms. The highest BCUT2D eigenvalue weighted by Crippen LogP contribution is 2.29. The zero-order valence-corrected chi connectivity index (χ0v) is 21.4. The summed E-state index contributed by atoms with van der Waals surface area (Å²) in [7, 11) is -2.46. The van der Waals surface area contributed by atoms with Gasteiger partial charge in [-0.15, -0.1) is 0 Å². The van der Waals surface area contributed by atoms with E-state index in [0.29, 0.717) is 22.9 Å². The molecular weight excluding hydrogens is 488 g/mol. The number of hydrogen-bond donors (Lipinski definition) is 1. The highest BCUT2D eigenvalue weighted by molar-refractivity contribution is 7.92. The average Bonchev–Trinajstić information content (AvgIpc) is 2.93. The van der Waals surface area contributed by atoms with Crippen LogP contribution in [-0.4, -0.2) is 28.0 Å². The van der Waals surface area contributed by atoms with E-state index in [9.17, 15) is 13.2 Å². The van der Waals surface area contributed by atoms with Crippen LogP contribution in [0.3, 0.4) is 0 Å². The smallest absolute Gasteiger partial charge is 0.264 e. The number of para-hydroxylation sites is 2. The van der Waals surface area contributed by atoms with Crippen LogP contribution in [0.1, 0.15) is 18.5 Å². The van der Waals surface area contributed by atoms with E-state index in [2.05, 4.69) is 5.32 Å². The Kier molecular flexibility index (Phi) is 8.10. The Balaban J connectivity index is 1.59. The van der Waals surface area contributed by atoms with E-state index < -0.39 is 28.5 Å². The minimum absolute atomic E-state index is 0.0881. The standard InChI is InChI=1S/C29H28N2O5S/c1-22(27-15-9-10-16-28(27)35-2)30-29(32)21-31(37(33,34)26-13-7-4-8-14-26)23-17-19-25(20-18-23)36-24-11-5-3-6-12-24/h3-20,22H,21H2,1-2H3,(H,30,32)/t22-/m0/s1. The Bertz CT molecular complexity index is 1430. The summed E-state index contributed by atoms with van der Waals surface area (Å²) in [5, 5.41) is 2.89. The number of nitrogens with zero attached hydrogens (tertiary/aromatic N) is 1. The van der Waals surface area contributed by atoms with Crippen molar-refractivity contribution in [1.82, 2.24) is 5.32 Å². The van der Waals surface area contributed by atoms with Gasteiger partial charge in [-0.1, -0.05) is 54.6 Å². The number of methoxy groups -OCH3 is 1. The van der Waals surface area contributed by atoms with Crippen molar-refractivity contribution in [3.63, 3.8) is 0 Å². The Morgan fingerprint density at radius 2 is 1.38 bits per heavy atom. The van der Waals surface area contributed by atoms with Crippen LogP contribution in [0.25, 0.3) is 0 Å². The number of benzene rings is 4. The number of ether oxygens (including phenoxy) is 2. The number of anilines is 1. The largest absolute Gasteiger partial charge is 0.496 e. The summed E-state index contributed by atoms with van der Waals surface area (Å²) in [6.07, 6.45) is 0.